The number of benzene rings is 1. The molecule has 0 unspecified atom stereocenters. The summed E-state index contributed by atoms with van der Waals surface area (Å²) in [5.41, 5.74) is 2.18. The summed E-state index contributed by atoms with van der Waals surface area (Å²) in [5.74, 6) is 1.18. The Morgan fingerprint density at radius 3 is 2.30 bits per heavy atom. The van der Waals surface area contributed by atoms with Gasteiger partial charge in [0.1, 0.15) is 17.1 Å². The number of carbonyl (C=O) groups excluding carboxylic acids is 1. The highest BCUT2D eigenvalue weighted by molar-refractivity contribution is 6.13. The Hall–Kier alpha value is -3.02. The number of carbonyl (C=O) groups is 1. The molecule has 0 aliphatic heterocycles. The van der Waals surface area contributed by atoms with Crippen LogP contribution in [0.2, 0.25) is 0 Å². The van der Waals surface area contributed by atoms with Gasteiger partial charge in [-0.1, -0.05) is 6.07 Å². The van der Waals surface area contributed by atoms with Gasteiger partial charge in [-0.3, -0.25) is 4.79 Å². The molecule has 6 heteroatoms. The van der Waals surface area contributed by atoms with Crippen molar-refractivity contribution in [1.82, 2.24) is 9.97 Å². The molecule has 0 saturated carbocycles. The first-order chi connectivity index (χ1) is 11.2. The molecule has 23 heavy (non-hydrogen) atoms. The van der Waals surface area contributed by atoms with E-state index in [1.165, 1.54) is 14.2 Å². The second-order valence-electron chi connectivity index (χ2n) is 4.84. The predicted octanol–water partition coefficient (Wildman–Crippen LogP) is 2.82. The molecule has 3 rings (SSSR count). The number of pyridine rings is 1. The number of methoxy groups -OCH3 is 3. The molecule has 0 atom stereocenters. The van der Waals surface area contributed by atoms with Gasteiger partial charge in [0.15, 0.2) is 0 Å². The molecule has 0 spiro atoms. The van der Waals surface area contributed by atoms with Gasteiger partial charge in [0.05, 0.1) is 38.1 Å². The first kappa shape index (κ1) is 14.9. The summed E-state index contributed by atoms with van der Waals surface area (Å²) < 4.78 is 15.7. The van der Waals surface area contributed by atoms with Crippen LogP contribution in [0.25, 0.3) is 11.0 Å². The van der Waals surface area contributed by atoms with Crippen molar-refractivity contribution < 1.29 is 19.0 Å². The topological polar surface area (TPSA) is 73.4 Å². The Morgan fingerprint density at radius 2 is 1.70 bits per heavy atom. The number of ketones is 1. The average molecular weight is 312 g/mol. The lowest BCUT2D eigenvalue weighted by Crippen LogP contribution is -2.06. The molecule has 2 heterocycles. The molecule has 3 aromatic rings. The Bertz CT molecular complexity index is 848. The lowest BCUT2D eigenvalue weighted by atomic mass is 10.1. The fourth-order valence-electron chi connectivity index (χ4n) is 2.44. The molecule has 118 valence electrons. The normalized spacial score (nSPS) is 10.6. The molecule has 0 aliphatic carbocycles. The van der Waals surface area contributed by atoms with E-state index in [1.54, 1.807) is 37.4 Å². The number of hydrogen-bond acceptors (Lipinski definition) is 5. The highest BCUT2D eigenvalue weighted by Gasteiger charge is 2.21. The lowest BCUT2D eigenvalue weighted by Gasteiger charge is -2.11. The molecule has 0 fully saturated rings. The number of H-pyrrole nitrogens is 1. The number of aromatic amines is 1. The number of rotatable bonds is 5. The van der Waals surface area contributed by atoms with E-state index in [0.29, 0.717) is 34.2 Å². The number of aromatic nitrogens is 2. The molecule has 0 bridgehead atoms. The molecule has 0 amide bonds. The predicted molar refractivity (Wildman–Crippen MR) is 85.6 cm³/mol. The summed E-state index contributed by atoms with van der Waals surface area (Å²) in [5, 5.41) is 0. The third-order valence-corrected chi connectivity index (χ3v) is 3.56. The van der Waals surface area contributed by atoms with Crippen LogP contribution in [0, 0.1) is 0 Å². The van der Waals surface area contributed by atoms with Crippen molar-refractivity contribution in [2.75, 3.05) is 21.3 Å². The van der Waals surface area contributed by atoms with Gasteiger partial charge in [-0.05, 0) is 24.3 Å². The maximum atomic E-state index is 12.9. The maximum absolute atomic E-state index is 12.9. The molecule has 0 radical (unpaired) electrons. The summed E-state index contributed by atoms with van der Waals surface area (Å²) in [6, 6.07) is 10.5. The highest BCUT2D eigenvalue weighted by Crippen LogP contribution is 2.31. The zero-order chi connectivity index (χ0) is 16.4. The van der Waals surface area contributed by atoms with Crippen molar-refractivity contribution in [1.29, 1.82) is 0 Å². The molecular weight excluding hydrogens is 296 g/mol. The quantitative estimate of drug-likeness (QED) is 0.733. The van der Waals surface area contributed by atoms with Crippen molar-refractivity contribution >= 4 is 16.8 Å². The molecule has 2 aromatic heterocycles. The molecule has 0 saturated heterocycles. The molecular formula is C17H16N2O4. The number of ether oxygens (including phenoxy) is 3. The van der Waals surface area contributed by atoms with Gasteiger partial charge in [-0.2, -0.15) is 0 Å². The zero-order valence-corrected chi connectivity index (χ0v) is 13.0. The van der Waals surface area contributed by atoms with Crippen LogP contribution in [0.5, 0.6) is 17.4 Å². The van der Waals surface area contributed by atoms with Crippen LogP contribution in [0.4, 0.5) is 0 Å². The van der Waals surface area contributed by atoms with E-state index >= 15 is 0 Å². The number of fused-ring (bicyclic) bond motifs is 1. The van der Waals surface area contributed by atoms with Crippen molar-refractivity contribution in [3.05, 3.63) is 47.7 Å². The number of hydrogen-bond donors (Lipinski definition) is 1. The highest BCUT2D eigenvalue weighted by atomic mass is 16.5. The second kappa shape index (κ2) is 6.00. The van der Waals surface area contributed by atoms with Crippen molar-refractivity contribution in [3.8, 4) is 17.4 Å². The Morgan fingerprint density at radius 1 is 1.00 bits per heavy atom. The number of nitrogens with zero attached hydrogens (tertiary/aromatic N) is 1. The standard InChI is InChI=1S/C17H16N2O4/c1-21-13-5-4-6-14(22-2)16(13)17(20)12-9-11-10(18-12)7-8-15(19-11)23-3/h4-9,18H,1-3H3. The van der Waals surface area contributed by atoms with Gasteiger partial charge in [0, 0.05) is 6.07 Å². The van der Waals surface area contributed by atoms with Crippen LogP contribution in [0.3, 0.4) is 0 Å². The first-order valence-corrected chi connectivity index (χ1v) is 6.97. The van der Waals surface area contributed by atoms with E-state index < -0.39 is 0 Å². The monoisotopic (exact) mass is 312 g/mol. The van der Waals surface area contributed by atoms with Gasteiger partial charge >= 0.3 is 0 Å². The van der Waals surface area contributed by atoms with E-state index in [0.717, 1.165) is 5.52 Å². The minimum atomic E-state index is -0.226. The van der Waals surface area contributed by atoms with Gasteiger partial charge in [0.25, 0.3) is 0 Å². The summed E-state index contributed by atoms with van der Waals surface area (Å²) in [4.78, 5) is 20.3. The summed E-state index contributed by atoms with van der Waals surface area (Å²) in [6.07, 6.45) is 0. The van der Waals surface area contributed by atoms with E-state index in [-0.39, 0.29) is 5.78 Å². The van der Waals surface area contributed by atoms with Crippen molar-refractivity contribution in [3.63, 3.8) is 0 Å². The average Bonchev–Trinajstić information content (AvgIpc) is 3.03. The van der Waals surface area contributed by atoms with E-state index in [9.17, 15) is 4.79 Å². The Balaban J connectivity index is 2.10. The van der Waals surface area contributed by atoms with Crippen LogP contribution in [-0.2, 0) is 0 Å². The number of nitrogens with one attached hydrogen (secondary N) is 1. The van der Waals surface area contributed by atoms with Crippen LogP contribution < -0.4 is 14.2 Å². The SMILES string of the molecule is COc1ccc2[nH]c(C(=O)c3c(OC)cccc3OC)cc2n1. The first-order valence-electron chi connectivity index (χ1n) is 6.97. The Kier molecular flexibility index (Phi) is 3.89. The fourth-order valence-corrected chi connectivity index (χ4v) is 2.44. The van der Waals surface area contributed by atoms with Crippen molar-refractivity contribution in [2.24, 2.45) is 0 Å². The molecule has 6 nitrogen and oxygen atoms in total. The summed E-state index contributed by atoms with van der Waals surface area (Å²) in [6.45, 7) is 0. The van der Waals surface area contributed by atoms with Gasteiger partial charge < -0.3 is 19.2 Å². The van der Waals surface area contributed by atoms with Crippen LogP contribution in [-0.4, -0.2) is 37.1 Å². The van der Waals surface area contributed by atoms with Gasteiger partial charge in [-0.25, -0.2) is 4.98 Å². The summed E-state index contributed by atoms with van der Waals surface area (Å²) in [7, 11) is 4.58. The van der Waals surface area contributed by atoms with E-state index in [1.807, 2.05) is 6.07 Å². The lowest BCUT2D eigenvalue weighted by molar-refractivity contribution is 0.102. The van der Waals surface area contributed by atoms with E-state index in [2.05, 4.69) is 9.97 Å². The molecule has 0 aliphatic rings. The third-order valence-electron chi connectivity index (χ3n) is 3.56. The fraction of sp³-hybridized carbons (Fsp3) is 0.176. The van der Waals surface area contributed by atoms with Crippen LogP contribution >= 0.6 is 0 Å². The zero-order valence-electron chi connectivity index (χ0n) is 13.0. The Labute approximate surface area is 133 Å². The van der Waals surface area contributed by atoms with E-state index in [4.69, 9.17) is 14.2 Å². The second-order valence-corrected chi connectivity index (χ2v) is 4.84. The molecule has 1 aromatic carbocycles. The minimum absolute atomic E-state index is 0.226. The molecule has 1 N–H and O–H groups in total. The smallest absolute Gasteiger partial charge is 0.216 e. The van der Waals surface area contributed by atoms with Gasteiger partial charge in [0.2, 0.25) is 11.7 Å². The van der Waals surface area contributed by atoms with Crippen LogP contribution in [0.15, 0.2) is 36.4 Å². The minimum Gasteiger partial charge on any atom is -0.496 e. The van der Waals surface area contributed by atoms with Gasteiger partial charge in [-0.15, -0.1) is 0 Å². The van der Waals surface area contributed by atoms with Crippen molar-refractivity contribution in [2.45, 2.75) is 0 Å². The largest absolute Gasteiger partial charge is 0.496 e. The summed E-state index contributed by atoms with van der Waals surface area (Å²) >= 11 is 0. The third kappa shape index (κ3) is 2.59. The maximum Gasteiger partial charge on any atom is 0.216 e. The van der Waals surface area contributed by atoms with Crippen LogP contribution in [0.1, 0.15) is 16.1 Å².